The fourth-order valence-corrected chi connectivity index (χ4v) is 7.51. The van der Waals surface area contributed by atoms with Gasteiger partial charge in [0.15, 0.2) is 0 Å². The van der Waals surface area contributed by atoms with Gasteiger partial charge >= 0.3 is 0 Å². The Morgan fingerprint density at radius 3 is 1.40 bits per heavy atom. The van der Waals surface area contributed by atoms with E-state index in [9.17, 15) is 28.2 Å². The molecule has 2 aliphatic heterocycles. The van der Waals surface area contributed by atoms with E-state index in [2.05, 4.69) is 73.2 Å². The lowest BCUT2D eigenvalue weighted by molar-refractivity contribution is -0.123. The molecule has 4 aromatic carbocycles. The molecule has 2 aliphatic rings. The molecule has 62 heavy (non-hydrogen) atoms. The molecule has 328 valence electrons. The molecule has 15 nitrogen and oxygen atoms in total. The molecule has 2 fully saturated rings. The molecule has 16 heteroatoms. The van der Waals surface area contributed by atoms with Gasteiger partial charge in [-0.25, -0.2) is 24.4 Å². The van der Waals surface area contributed by atoms with Crippen molar-refractivity contribution in [1.82, 2.24) is 30.5 Å². The summed E-state index contributed by atoms with van der Waals surface area (Å²) in [5.74, 6) is -0.0785. The highest BCUT2D eigenvalue weighted by atomic mass is 32.2. The van der Waals surface area contributed by atoms with Gasteiger partial charge in [0.05, 0.1) is 30.4 Å². The molecular weight excluding hydrogens is 807 g/mol. The Bertz CT molecular complexity index is 2270. The van der Waals surface area contributed by atoms with Crippen molar-refractivity contribution in [2.75, 3.05) is 65.4 Å². The van der Waals surface area contributed by atoms with Crippen LogP contribution in [0, 0.1) is 0 Å². The van der Waals surface area contributed by atoms with Gasteiger partial charge in [-0.1, -0.05) is 78.9 Å². The van der Waals surface area contributed by atoms with Crippen LogP contribution >= 0.6 is 0 Å². The number of nitrogens with two attached hydrogens (primary N) is 1. The van der Waals surface area contributed by atoms with Gasteiger partial charge in [-0.2, -0.15) is 10.2 Å². The first-order valence-corrected chi connectivity index (χ1v) is 22.0. The smallest absolute Gasteiger partial charge is 0.254 e. The number of rotatable bonds is 17. The Hall–Kier alpha value is -6.01. The van der Waals surface area contributed by atoms with E-state index in [0.29, 0.717) is 37.1 Å². The summed E-state index contributed by atoms with van der Waals surface area (Å²) in [7, 11) is -3.68. The van der Waals surface area contributed by atoms with Gasteiger partial charge in [-0.05, 0) is 59.4 Å². The number of allylic oxidation sites excluding steroid dienone is 2. The fourth-order valence-electron chi connectivity index (χ4n) is 6.99. The number of para-hydroxylation sites is 2. The molecule has 6 N–H and O–H groups in total. The van der Waals surface area contributed by atoms with Crippen LogP contribution in [0.5, 0.6) is 11.5 Å². The van der Waals surface area contributed by atoms with Gasteiger partial charge in [0.25, 0.3) is 11.8 Å². The summed E-state index contributed by atoms with van der Waals surface area (Å²) in [6, 6.07) is 27.8. The SMILES string of the molecule is C=CCc1cccc(/C=N/NC(=O)CN2CCN(Cc3ccc(S(N)(=O)=O)cc3)CC2)c1O.C=CCc1cccc(/C=N/NC(=O)CN2CCN(Cc3ccccc3)CC2)c1O. The molecule has 2 amide bonds. The van der Waals surface area contributed by atoms with Crippen LogP contribution in [-0.4, -0.2) is 128 Å². The third kappa shape index (κ3) is 15.2. The van der Waals surface area contributed by atoms with E-state index in [1.165, 1.54) is 30.1 Å². The van der Waals surface area contributed by atoms with Gasteiger partial charge in [0.1, 0.15) is 11.5 Å². The Kier molecular flexibility index (Phi) is 18.1. The average molecular weight is 864 g/mol. The predicted molar refractivity (Wildman–Crippen MR) is 243 cm³/mol. The van der Waals surface area contributed by atoms with Crippen molar-refractivity contribution < 1.29 is 28.2 Å². The molecular formula is C46H57N9O6S. The summed E-state index contributed by atoms with van der Waals surface area (Å²) in [6.07, 6.45) is 7.47. The number of sulfonamides is 1. The number of primary sulfonamides is 1. The van der Waals surface area contributed by atoms with Crippen LogP contribution in [0.25, 0.3) is 0 Å². The van der Waals surface area contributed by atoms with Crippen molar-refractivity contribution >= 4 is 34.3 Å². The number of hydrogen-bond acceptors (Lipinski definition) is 12. The molecule has 0 saturated carbocycles. The maximum Gasteiger partial charge on any atom is 0.254 e. The molecule has 4 aromatic rings. The lowest BCUT2D eigenvalue weighted by Crippen LogP contribution is -2.48. The summed E-state index contributed by atoms with van der Waals surface area (Å²) in [5, 5.41) is 33.5. The van der Waals surface area contributed by atoms with Crippen LogP contribution in [0.2, 0.25) is 0 Å². The first-order valence-electron chi connectivity index (χ1n) is 20.4. The van der Waals surface area contributed by atoms with Crippen molar-refractivity contribution in [2.24, 2.45) is 15.3 Å². The van der Waals surface area contributed by atoms with Crippen LogP contribution in [-0.2, 0) is 45.5 Å². The molecule has 6 rings (SSSR count). The maximum absolute atomic E-state index is 12.2. The number of nitrogens with zero attached hydrogens (tertiary/aromatic N) is 6. The molecule has 0 bridgehead atoms. The summed E-state index contributed by atoms with van der Waals surface area (Å²) in [4.78, 5) is 33.3. The monoisotopic (exact) mass is 863 g/mol. The van der Waals surface area contributed by atoms with E-state index in [0.717, 1.165) is 75.6 Å². The fraction of sp³-hybridized carbons (Fsp3) is 0.304. The zero-order valence-corrected chi connectivity index (χ0v) is 35.8. The minimum Gasteiger partial charge on any atom is -0.507 e. The Labute approximate surface area is 364 Å². The summed E-state index contributed by atoms with van der Waals surface area (Å²) < 4.78 is 22.7. The van der Waals surface area contributed by atoms with Gasteiger partial charge in [-0.15, -0.1) is 13.2 Å². The minimum atomic E-state index is -3.68. The number of aromatic hydroxyl groups is 2. The molecule has 0 spiro atoms. The Morgan fingerprint density at radius 2 is 1.00 bits per heavy atom. The second-order valence-electron chi connectivity index (χ2n) is 15.1. The first kappa shape index (κ1) is 47.0. The third-order valence-electron chi connectivity index (χ3n) is 10.4. The van der Waals surface area contributed by atoms with E-state index in [1.807, 2.05) is 35.2 Å². The molecule has 0 atom stereocenters. The third-order valence-corrected chi connectivity index (χ3v) is 11.3. The highest BCUT2D eigenvalue weighted by Gasteiger charge is 2.20. The van der Waals surface area contributed by atoms with Gasteiger partial charge in [0.2, 0.25) is 10.0 Å². The first-order chi connectivity index (χ1) is 29.9. The van der Waals surface area contributed by atoms with Crippen molar-refractivity contribution in [3.8, 4) is 11.5 Å². The topological polar surface area (TPSA) is 196 Å². The molecule has 0 aromatic heterocycles. The second kappa shape index (κ2) is 23.8. The van der Waals surface area contributed by atoms with Crippen molar-refractivity contribution in [1.29, 1.82) is 0 Å². The number of piperazine rings is 2. The zero-order chi connectivity index (χ0) is 44.3. The van der Waals surface area contributed by atoms with Crippen LogP contribution in [0.3, 0.4) is 0 Å². The predicted octanol–water partition coefficient (Wildman–Crippen LogP) is 3.42. The number of hydrazone groups is 2. The molecule has 2 saturated heterocycles. The standard InChI is InChI=1S/C23H29N5O4S.C23H28N4O2/c1-2-4-19-5-3-6-20(23(19)30)15-25-26-22(29)17-28-13-11-27(12-14-28)16-18-7-9-21(10-8-18)33(24,31)32;1-2-7-20-10-6-11-21(23(20)29)16-24-25-22(28)18-27-14-12-26(13-15-27)17-19-8-4-3-5-9-19/h2-3,5-10,15,30H,1,4,11-14,16-17H2,(H,26,29)(H2,24,31,32);2-6,8-11,16,29H,1,7,12-15,17-18H2,(H,25,28)/b25-15+;24-16+. The van der Waals surface area contributed by atoms with Crippen molar-refractivity contribution in [3.63, 3.8) is 0 Å². The van der Waals surface area contributed by atoms with Crippen LogP contribution in [0.1, 0.15) is 33.4 Å². The van der Waals surface area contributed by atoms with E-state index >= 15 is 0 Å². The van der Waals surface area contributed by atoms with E-state index in [-0.39, 0.29) is 34.8 Å². The molecule has 2 heterocycles. The Morgan fingerprint density at radius 1 is 0.597 bits per heavy atom. The second-order valence-corrected chi connectivity index (χ2v) is 16.6. The van der Waals surface area contributed by atoms with Crippen molar-refractivity contribution in [3.05, 3.63) is 150 Å². The number of hydrogen-bond donors (Lipinski definition) is 5. The van der Waals surface area contributed by atoms with Crippen LogP contribution < -0.4 is 16.0 Å². The molecule has 0 aliphatic carbocycles. The lowest BCUT2D eigenvalue weighted by Gasteiger charge is -2.34. The molecule has 0 unspecified atom stereocenters. The lowest BCUT2D eigenvalue weighted by atomic mass is 10.1. The van der Waals surface area contributed by atoms with Gasteiger partial charge in [-0.3, -0.25) is 29.2 Å². The van der Waals surface area contributed by atoms with Gasteiger partial charge < -0.3 is 10.2 Å². The van der Waals surface area contributed by atoms with E-state index in [4.69, 9.17) is 5.14 Å². The highest BCUT2D eigenvalue weighted by molar-refractivity contribution is 7.89. The van der Waals surface area contributed by atoms with E-state index in [1.54, 1.807) is 36.4 Å². The highest BCUT2D eigenvalue weighted by Crippen LogP contribution is 2.23. The van der Waals surface area contributed by atoms with Crippen molar-refractivity contribution in [2.45, 2.75) is 30.8 Å². The summed E-state index contributed by atoms with van der Waals surface area (Å²) in [6.45, 7) is 16.2. The zero-order valence-electron chi connectivity index (χ0n) is 35.0. The quantitative estimate of drug-likeness (QED) is 0.0597. The number of carbonyl (C=O) groups is 2. The Balaban J connectivity index is 0.000000236. The maximum atomic E-state index is 12.2. The number of nitrogens with one attached hydrogen (secondary N) is 2. The summed E-state index contributed by atoms with van der Waals surface area (Å²) >= 11 is 0. The van der Waals surface area contributed by atoms with E-state index < -0.39 is 10.0 Å². The average Bonchev–Trinajstić information content (AvgIpc) is 3.25. The number of carbonyl (C=O) groups excluding carboxylic acids is 2. The summed E-state index contributed by atoms with van der Waals surface area (Å²) in [5.41, 5.74) is 10.0. The largest absolute Gasteiger partial charge is 0.507 e. The number of amides is 2. The number of benzene rings is 4. The van der Waals surface area contributed by atoms with Crippen LogP contribution in [0.4, 0.5) is 0 Å². The normalized spacial score (nSPS) is 15.5. The number of phenolic OH excluding ortho intramolecular Hbond substituents is 2. The molecule has 0 radical (unpaired) electrons. The number of phenols is 2. The minimum absolute atomic E-state index is 0.101. The van der Waals surface area contributed by atoms with Gasteiger partial charge in [0, 0.05) is 76.6 Å². The van der Waals surface area contributed by atoms with Crippen LogP contribution in [0.15, 0.2) is 131 Å².